The van der Waals surface area contributed by atoms with Gasteiger partial charge in [-0.1, -0.05) is 100 Å². The molecular weight excluding hydrogens is 464 g/mol. The number of carbonyl (C=O) groups is 1. The van der Waals surface area contributed by atoms with Gasteiger partial charge in [0.05, 0.1) is 14.2 Å². The highest BCUT2D eigenvalue weighted by Crippen LogP contribution is 2.37. The number of hydrogen-bond acceptors (Lipinski definition) is 4. The minimum Gasteiger partial charge on any atom is -0.496 e. The van der Waals surface area contributed by atoms with Gasteiger partial charge >= 0.3 is 5.97 Å². The molecule has 1 atom stereocenters. The number of ether oxygens (including phenoxy) is 2. The second-order valence-electron chi connectivity index (χ2n) is 9.76. The quantitative estimate of drug-likeness (QED) is 0.235. The molecule has 0 saturated heterocycles. The molecule has 3 aromatic rings. The van der Waals surface area contributed by atoms with Gasteiger partial charge < -0.3 is 13.9 Å². The summed E-state index contributed by atoms with van der Waals surface area (Å²) in [5.74, 6) is 6.73. The molecule has 0 radical (unpaired) electrons. The van der Waals surface area contributed by atoms with Crippen LogP contribution in [0.1, 0.15) is 50.0 Å². The van der Waals surface area contributed by atoms with Crippen LogP contribution in [0.25, 0.3) is 0 Å². The van der Waals surface area contributed by atoms with E-state index in [1.165, 1.54) is 24.6 Å². The van der Waals surface area contributed by atoms with E-state index in [1.807, 2.05) is 6.07 Å². The Balaban J connectivity index is 1.94. The number of methoxy groups -OCH3 is 2. The minimum absolute atomic E-state index is 0.0536. The second-order valence-corrected chi connectivity index (χ2v) is 14.1. The van der Waals surface area contributed by atoms with Gasteiger partial charge in [-0.3, -0.25) is 0 Å². The second kappa shape index (κ2) is 12.1. The van der Waals surface area contributed by atoms with Crippen molar-refractivity contribution in [2.45, 2.75) is 39.2 Å². The van der Waals surface area contributed by atoms with Crippen LogP contribution >= 0.6 is 0 Å². The van der Waals surface area contributed by atoms with Crippen molar-refractivity contribution in [3.63, 3.8) is 0 Å². The van der Waals surface area contributed by atoms with Crippen molar-refractivity contribution in [2.75, 3.05) is 20.8 Å². The fourth-order valence-electron chi connectivity index (χ4n) is 4.48. The van der Waals surface area contributed by atoms with E-state index < -0.39 is 14.3 Å². The summed E-state index contributed by atoms with van der Waals surface area (Å²) >= 11 is 0. The van der Waals surface area contributed by atoms with Crippen LogP contribution in [-0.4, -0.2) is 35.1 Å². The van der Waals surface area contributed by atoms with Crippen molar-refractivity contribution in [2.24, 2.45) is 5.92 Å². The highest BCUT2D eigenvalue weighted by Gasteiger charge is 2.50. The summed E-state index contributed by atoms with van der Waals surface area (Å²) in [6, 6.07) is 26.6. The maximum Gasteiger partial charge on any atom is 0.341 e. The Bertz CT molecular complexity index is 1160. The molecule has 0 aliphatic rings. The Kier molecular flexibility index (Phi) is 9.14. The number of esters is 1. The minimum atomic E-state index is -2.61. The molecule has 0 bridgehead atoms. The lowest BCUT2D eigenvalue weighted by Gasteiger charge is -2.43. The van der Waals surface area contributed by atoms with Crippen LogP contribution in [0.2, 0.25) is 5.04 Å². The van der Waals surface area contributed by atoms with Gasteiger partial charge in [0.1, 0.15) is 11.3 Å². The van der Waals surface area contributed by atoms with E-state index >= 15 is 0 Å². The van der Waals surface area contributed by atoms with E-state index in [1.54, 1.807) is 12.1 Å². The van der Waals surface area contributed by atoms with E-state index in [-0.39, 0.29) is 11.0 Å². The average Bonchev–Trinajstić information content (AvgIpc) is 2.90. The molecule has 1 unspecified atom stereocenters. The zero-order valence-electron chi connectivity index (χ0n) is 22.1. The number of rotatable bonds is 8. The van der Waals surface area contributed by atoms with E-state index in [9.17, 15) is 4.79 Å². The van der Waals surface area contributed by atoms with Gasteiger partial charge in [0.2, 0.25) is 0 Å². The predicted molar refractivity (Wildman–Crippen MR) is 149 cm³/mol. The van der Waals surface area contributed by atoms with E-state index in [4.69, 9.17) is 13.9 Å². The molecule has 0 saturated carbocycles. The van der Waals surface area contributed by atoms with Crippen LogP contribution in [0, 0.1) is 17.8 Å². The normalized spacial score (nSPS) is 12.3. The van der Waals surface area contributed by atoms with Crippen molar-refractivity contribution >= 4 is 24.7 Å². The Labute approximate surface area is 216 Å². The highest BCUT2D eigenvalue weighted by molar-refractivity contribution is 6.99. The van der Waals surface area contributed by atoms with Crippen LogP contribution in [0.5, 0.6) is 5.75 Å². The van der Waals surface area contributed by atoms with Gasteiger partial charge in [0, 0.05) is 18.1 Å². The molecule has 0 aromatic heterocycles. The molecule has 0 aliphatic carbocycles. The molecule has 188 valence electrons. The lowest BCUT2D eigenvalue weighted by Crippen LogP contribution is -2.66. The molecular formula is C31H36O4Si. The van der Waals surface area contributed by atoms with Crippen molar-refractivity contribution in [3.05, 3.63) is 90.0 Å². The molecule has 0 heterocycles. The van der Waals surface area contributed by atoms with Crippen LogP contribution < -0.4 is 15.1 Å². The summed E-state index contributed by atoms with van der Waals surface area (Å²) in [6.07, 6.45) is 0.864. The third-order valence-electron chi connectivity index (χ3n) is 6.44. The van der Waals surface area contributed by atoms with Crippen molar-refractivity contribution in [3.8, 4) is 17.6 Å². The molecule has 3 aromatic carbocycles. The fourth-order valence-corrected chi connectivity index (χ4v) is 9.09. The Morgan fingerprint density at radius 1 is 0.917 bits per heavy atom. The zero-order chi connectivity index (χ0) is 26.2. The van der Waals surface area contributed by atoms with Crippen LogP contribution in [0.4, 0.5) is 0 Å². The van der Waals surface area contributed by atoms with E-state index in [2.05, 4.69) is 100 Å². The van der Waals surface area contributed by atoms with Gasteiger partial charge in [0.15, 0.2) is 0 Å². The SMILES string of the molecule is CCC(C#Cc1ccc(C(=O)OC)c(OC)c1)CO[Si](c1ccccc1)(c1ccccc1)C(C)(C)C. The van der Waals surface area contributed by atoms with Gasteiger partial charge in [0.25, 0.3) is 8.32 Å². The summed E-state index contributed by atoms with van der Waals surface area (Å²) in [6.45, 7) is 9.51. The Hall–Kier alpha value is -3.33. The monoisotopic (exact) mass is 500 g/mol. The average molecular weight is 501 g/mol. The lowest BCUT2D eigenvalue weighted by atomic mass is 10.1. The van der Waals surface area contributed by atoms with E-state index in [0.717, 1.165) is 12.0 Å². The third-order valence-corrected chi connectivity index (χ3v) is 11.4. The number of benzene rings is 3. The third kappa shape index (κ3) is 5.89. The zero-order valence-corrected chi connectivity index (χ0v) is 23.1. The largest absolute Gasteiger partial charge is 0.496 e. The molecule has 4 nitrogen and oxygen atoms in total. The van der Waals surface area contributed by atoms with Crippen molar-refractivity contribution in [1.29, 1.82) is 0 Å². The van der Waals surface area contributed by atoms with Gasteiger partial charge in [-0.05, 0) is 40.0 Å². The maximum atomic E-state index is 12.0. The van der Waals surface area contributed by atoms with Gasteiger partial charge in [-0.25, -0.2) is 4.79 Å². The first-order valence-corrected chi connectivity index (χ1v) is 14.2. The van der Waals surface area contributed by atoms with Crippen molar-refractivity contribution < 1.29 is 18.7 Å². The molecule has 0 spiro atoms. The number of hydrogen-bond donors (Lipinski definition) is 0. The lowest BCUT2D eigenvalue weighted by molar-refractivity contribution is 0.0597. The first kappa shape index (κ1) is 27.3. The summed E-state index contributed by atoms with van der Waals surface area (Å²) < 4.78 is 17.3. The van der Waals surface area contributed by atoms with E-state index in [0.29, 0.717) is 17.9 Å². The van der Waals surface area contributed by atoms with Gasteiger partial charge in [-0.15, -0.1) is 0 Å². The first-order chi connectivity index (χ1) is 17.3. The molecule has 0 fully saturated rings. The smallest absolute Gasteiger partial charge is 0.341 e. The molecule has 5 heteroatoms. The Morgan fingerprint density at radius 3 is 1.97 bits per heavy atom. The number of carbonyl (C=O) groups excluding carboxylic acids is 1. The van der Waals surface area contributed by atoms with Crippen LogP contribution in [-0.2, 0) is 9.16 Å². The topological polar surface area (TPSA) is 44.8 Å². The van der Waals surface area contributed by atoms with Crippen LogP contribution in [0.15, 0.2) is 78.9 Å². The first-order valence-electron chi connectivity index (χ1n) is 12.3. The molecule has 3 rings (SSSR count). The Morgan fingerprint density at radius 2 is 1.50 bits per heavy atom. The van der Waals surface area contributed by atoms with Crippen molar-refractivity contribution in [1.82, 2.24) is 0 Å². The maximum absolute atomic E-state index is 12.0. The summed E-state index contributed by atoms with van der Waals surface area (Å²) in [5.41, 5.74) is 1.16. The summed E-state index contributed by atoms with van der Waals surface area (Å²) in [5, 5.41) is 2.43. The standard InChI is InChI=1S/C31H36O4Si/c1-7-24(18-19-25-20-21-28(30(32)34-6)29(22-25)33-5)23-35-36(31(2,3)4,26-14-10-8-11-15-26)27-16-12-9-13-17-27/h8-17,20-22,24H,7,23H2,1-6H3. The molecule has 36 heavy (non-hydrogen) atoms. The fraction of sp³-hybridized carbons (Fsp3) is 0.323. The van der Waals surface area contributed by atoms with Gasteiger partial charge in [-0.2, -0.15) is 0 Å². The summed E-state index contributed by atoms with van der Waals surface area (Å²) in [4.78, 5) is 12.0. The molecule has 0 N–H and O–H groups in total. The summed E-state index contributed by atoms with van der Waals surface area (Å²) in [7, 11) is 0.273. The molecule has 0 aliphatic heterocycles. The predicted octanol–water partition coefficient (Wildman–Crippen LogP) is 5.44. The van der Waals surface area contributed by atoms with Crippen LogP contribution in [0.3, 0.4) is 0 Å². The highest BCUT2D eigenvalue weighted by atomic mass is 28.4. The molecule has 0 amide bonds.